The standard InChI is InChI=1S/C15H12ClFN6O4/c1-27-15-12(23(25)26)11(19-20-15)14(24)18-13-10(16)7-22(21-13)6-8-3-2-4-9(17)5-8/h2-5,7H,6H2,1H3,(H,19,20)(H,18,21,24). The highest BCUT2D eigenvalue weighted by Gasteiger charge is 2.30. The van der Waals surface area contributed by atoms with Gasteiger partial charge in [0.2, 0.25) is 5.69 Å². The first-order valence-electron chi connectivity index (χ1n) is 7.44. The monoisotopic (exact) mass is 394 g/mol. The number of nitrogens with zero attached hydrogens (tertiary/aromatic N) is 4. The van der Waals surface area contributed by atoms with Gasteiger partial charge in [-0.15, -0.1) is 5.10 Å². The van der Waals surface area contributed by atoms with Gasteiger partial charge in [0, 0.05) is 6.20 Å². The first-order valence-corrected chi connectivity index (χ1v) is 7.82. The van der Waals surface area contributed by atoms with Crippen molar-refractivity contribution in [1.29, 1.82) is 0 Å². The lowest BCUT2D eigenvalue weighted by Crippen LogP contribution is -2.15. The molecule has 27 heavy (non-hydrogen) atoms. The van der Waals surface area contributed by atoms with Crippen molar-refractivity contribution in [1.82, 2.24) is 20.0 Å². The molecule has 0 radical (unpaired) electrons. The number of nitrogens with one attached hydrogen (secondary N) is 2. The minimum atomic E-state index is -0.865. The Morgan fingerprint density at radius 1 is 1.52 bits per heavy atom. The van der Waals surface area contributed by atoms with Gasteiger partial charge in [0.05, 0.1) is 18.6 Å². The minimum Gasteiger partial charge on any atom is -0.475 e. The fraction of sp³-hybridized carbons (Fsp3) is 0.133. The topological polar surface area (TPSA) is 128 Å². The first kappa shape index (κ1) is 18.3. The van der Waals surface area contributed by atoms with Crippen LogP contribution in [0, 0.1) is 15.9 Å². The number of aromatic nitrogens is 4. The van der Waals surface area contributed by atoms with Gasteiger partial charge < -0.3 is 10.1 Å². The largest absolute Gasteiger partial charge is 0.475 e. The van der Waals surface area contributed by atoms with Crippen molar-refractivity contribution in [2.45, 2.75) is 6.54 Å². The lowest BCUT2D eigenvalue weighted by molar-refractivity contribution is -0.386. The van der Waals surface area contributed by atoms with Crippen molar-refractivity contribution in [3.8, 4) is 5.88 Å². The summed E-state index contributed by atoms with van der Waals surface area (Å²) in [6, 6.07) is 5.92. The summed E-state index contributed by atoms with van der Waals surface area (Å²) in [5, 5.41) is 23.5. The highest BCUT2D eigenvalue weighted by molar-refractivity contribution is 6.33. The predicted molar refractivity (Wildman–Crippen MR) is 92.5 cm³/mol. The highest BCUT2D eigenvalue weighted by atomic mass is 35.5. The molecular weight excluding hydrogens is 383 g/mol. The van der Waals surface area contributed by atoms with Crippen LogP contribution in [0.25, 0.3) is 0 Å². The molecule has 0 atom stereocenters. The van der Waals surface area contributed by atoms with Crippen LogP contribution >= 0.6 is 11.6 Å². The van der Waals surface area contributed by atoms with E-state index >= 15 is 0 Å². The molecule has 0 aliphatic rings. The summed E-state index contributed by atoms with van der Waals surface area (Å²) in [5.41, 5.74) is -0.376. The van der Waals surface area contributed by atoms with Gasteiger partial charge in [-0.1, -0.05) is 23.7 Å². The smallest absolute Gasteiger partial charge is 0.362 e. The van der Waals surface area contributed by atoms with E-state index in [0.717, 1.165) is 0 Å². The van der Waals surface area contributed by atoms with Gasteiger partial charge in [-0.25, -0.2) is 4.39 Å². The summed E-state index contributed by atoms with van der Waals surface area (Å²) in [4.78, 5) is 22.7. The second-order valence-electron chi connectivity index (χ2n) is 5.32. The number of carbonyl (C=O) groups excluding carboxylic acids is 1. The zero-order chi connectivity index (χ0) is 19.6. The molecule has 3 aromatic rings. The van der Waals surface area contributed by atoms with E-state index in [9.17, 15) is 19.3 Å². The number of benzene rings is 1. The first-order chi connectivity index (χ1) is 12.9. The van der Waals surface area contributed by atoms with E-state index in [-0.39, 0.29) is 29.1 Å². The molecule has 140 valence electrons. The molecule has 10 nitrogen and oxygen atoms in total. The molecule has 3 rings (SSSR count). The Bertz CT molecular complexity index is 1020. The van der Waals surface area contributed by atoms with Gasteiger partial charge in [-0.3, -0.25) is 24.7 Å². The van der Waals surface area contributed by atoms with Crippen LogP contribution in [0.1, 0.15) is 16.1 Å². The van der Waals surface area contributed by atoms with Gasteiger partial charge in [-0.2, -0.15) is 5.10 Å². The minimum absolute atomic E-state index is 0.0130. The lowest BCUT2D eigenvalue weighted by Gasteiger charge is -2.02. The van der Waals surface area contributed by atoms with Crippen molar-refractivity contribution in [3.05, 3.63) is 62.7 Å². The lowest BCUT2D eigenvalue weighted by atomic mass is 10.2. The van der Waals surface area contributed by atoms with Crippen LogP contribution in [-0.4, -0.2) is 37.9 Å². The maximum absolute atomic E-state index is 13.3. The van der Waals surface area contributed by atoms with E-state index < -0.39 is 22.2 Å². The number of hydrogen-bond donors (Lipinski definition) is 2. The Labute approximate surface area is 156 Å². The van der Waals surface area contributed by atoms with Crippen molar-refractivity contribution in [2.75, 3.05) is 12.4 Å². The van der Waals surface area contributed by atoms with Gasteiger partial charge >= 0.3 is 11.6 Å². The van der Waals surface area contributed by atoms with Crippen molar-refractivity contribution < 1.29 is 18.8 Å². The van der Waals surface area contributed by atoms with E-state index in [1.807, 2.05) is 0 Å². The van der Waals surface area contributed by atoms with E-state index in [1.165, 1.54) is 30.1 Å². The molecule has 0 aliphatic heterocycles. The number of anilines is 1. The summed E-state index contributed by atoms with van der Waals surface area (Å²) in [6.45, 7) is 0.214. The zero-order valence-electron chi connectivity index (χ0n) is 13.8. The SMILES string of the molecule is COc1n[nH]c(C(=O)Nc2nn(Cc3cccc(F)c3)cc2Cl)c1[N+](=O)[O-]. The fourth-order valence-corrected chi connectivity index (χ4v) is 2.54. The number of ether oxygens (including phenoxy) is 1. The van der Waals surface area contributed by atoms with Crippen LogP contribution in [0.2, 0.25) is 5.02 Å². The van der Waals surface area contributed by atoms with Crippen LogP contribution in [0.3, 0.4) is 0 Å². The van der Waals surface area contributed by atoms with Gasteiger partial charge in [0.1, 0.15) is 10.8 Å². The third kappa shape index (κ3) is 3.87. The van der Waals surface area contributed by atoms with Crippen LogP contribution in [-0.2, 0) is 6.54 Å². The van der Waals surface area contributed by atoms with E-state index in [0.29, 0.717) is 5.56 Å². The molecule has 1 aromatic carbocycles. The molecule has 12 heteroatoms. The van der Waals surface area contributed by atoms with E-state index in [2.05, 4.69) is 20.6 Å². The number of aromatic amines is 1. The van der Waals surface area contributed by atoms with Gasteiger partial charge in [0.25, 0.3) is 5.91 Å². The average molecular weight is 395 g/mol. The Morgan fingerprint density at radius 3 is 2.96 bits per heavy atom. The maximum atomic E-state index is 13.3. The van der Waals surface area contributed by atoms with Crippen LogP contribution in [0.15, 0.2) is 30.5 Å². The summed E-state index contributed by atoms with van der Waals surface area (Å²) >= 11 is 6.05. The molecule has 0 fully saturated rings. The van der Waals surface area contributed by atoms with Gasteiger partial charge in [-0.05, 0) is 17.7 Å². The number of H-pyrrole nitrogens is 1. The quantitative estimate of drug-likeness (QED) is 0.488. The summed E-state index contributed by atoms with van der Waals surface area (Å²) < 4.78 is 19.4. The number of methoxy groups -OCH3 is 1. The molecule has 2 aromatic heterocycles. The fourth-order valence-electron chi connectivity index (χ4n) is 2.34. The molecule has 2 N–H and O–H groups in total. The highest BCUT2D eigenvalue weighted by Crippen LogP contribution is 2.29. The summed E-state index contributed by atoms with van der Waals surface area (Å²) in [6.07, 6.45) is 1.43. The number of amides is 1. The Hall–Kier alpha value is -3.47. The van der Waals surface area contributed by atoms with E-state index in [1.54, 1.807) is 12.1 Å². The molecule has 0 saturated carbocycles. The molecule has 2 heterocycles. The van der Waals surface area contributed by atoms with Crippen molar-refractivity contribution in [2.24, 2.45) is 0 Å². The molecule has 1 amide bonds. The number of carbonyl (C=O) groups is 1. The number of hydrogen-bond acceptors (Lipinski definition) is 6. The number of halogens is 2. The Kier molecular flexibility index (Phi) is 5.03. The molecular formula is C15H12ClFN6O4. The molecule has 0 aliphatic carbocycles. The Morgan fingerprint density at radius 2 is 2.30 bits per heavy atom. The van der Waals surface area contributed by atoms with Crippen LogP contribution in [0.4, 0.5) is 15.9 Å². The molecule has 0 spiro atoms. The number of nitro groups is 1. The third-order valence-electron chi connectivity index (χ3n) is 3.49. The second kappa shape index (κ2) is 7.41. The molecule has 0 bridgehead atoms. The third-order valence-corrected chi connectivity index (χ3v) is 3.77. The average Bonchev–Trinajstić information content (AvgIpc) is 3.18. The van der Waals surface area contributed by atoms with E-state index in [4.69, 9.17) is 16.3 Å². The zero-order valence-corrected chi connectivity index (χ0v) is 14.5. The van der Waals surface area contributed by atoms with Crippen molar-refractivity contribution >= 4 is 29.0 Å². The summed E-state index contributed by atoms with van der Waals surface area (Å²) in [7, 11) is 1.19. The second-order valence-corrected chi connectivity index (χ2v) is 5.73. The Balaban J connectivity index is 1.80. The maximum Gasteiger partial charge on any atom is 0.362 e. The predicted octanol–water partition coefficient (Wildman–Crippen LogP) is 2.62. The van der Waals surface area contributed by atoms with Crippen LogP contribution < -0.4 is 10.1 Å². The molecule has 0 unspecified atom stereocenters. The normalized spacial score (nSPS) is 10.6. The summed E-state index contributed by atoms with van der Waals surface area (Å²) in [5.74, 6) is -1.59. The van der Waals surface area contributed by atoms with Crippen LogP contribution in [0.5, 0.6) is 5.88 Å². The van der Waals surface area contributed by atoms with Crippen molar-refractivity contribution in [3.63, 3.8) is 0 Å². The van der Waals surface area contributed by atoms with Gasteiger partial charge in [0.15, 0.2) is 5.82 Å². The number of rotatable bonds is 6. The molecule has 0 saturated heterocycles.